The number of aliphatic imine (C=N–C) groups is 2. The first kappa shape index (κ1) is 12.6. The van der Waals surface area contributed by atoms with Gasteiger partial charge in [0.2, 0.25) is 5.96 Å². The van der Waals surface area contributed by atoms with E-state index in [2.05, 4.69) is 9.98 Å². The SMILES string of the molecule is NC(N)=NC(N)=Nc1cc(F)c(I)c(F)c1. The van der Waals surface area contributed by atoms with Crippen molar-refractivity contribution in [3.63, 3.8) is 0 Å². The second-order valence-electron chi connectivity index (χ2n) is 2.73. The van der Waals surface area contributed by atoms with Crippen LogP contribution >= 0.6 is 22.6 Å². The van der Waals surface area contributed by atoms with Crippen LogP contribution in [0.25, 0.3) is 0 Å². The van der Waals surface area contributed by atoms with Gasteiger partial charge in [0.05, 0.1) is 9.26 Å². The first-order chi connectivity index (χ1) is 7.40. The van der Waals surface area contributed by atoms with E-state index in [1.54, 1.807) is 22.6 Å². The summed E-state index contributed by atoms with van der Waals surface area (Å²) in [4.78, 5) is 7.03. The summed E-state index contributed by atoms with van der Waals surface area (Å²) in [6, 6.07) is 2.06. The van der Waals surface area contributed by atoms with Crippen LogP contribution in [0.2, 0.25) is 0 Å². The highest BCUT2D eigenvalue weighted by atomic mass is 127. The Morgan fingerprint density at radius 3 is 2.06 bits per heavy atom. The highest BCUT2D eigenvalue weighted by molar-refractivity contribution is 14.1. The summed E-state index contributed by atoms with van der Waals surface area (Å²) in [6.45, 7) is 0. The number of hydrogen-bond donors (Lipinski definition) is 3. The molecule has 0 spiro atoms. The van der Waals surface area contributed by atoms with Crippen molar-refractivity contribution in [2.45, 2.75) is 0 Å². The molecule has 0 aliphatic carbocycles. The van der Waals surface area contributed by atoms with Crippen molar-refractivity contribution >= 4 is 40.2 Å². The molecule has 0 aliphatic rings. The fourth-order valence-corrected chi connectivity index (χ4v) is 1.21. The summed E-state index contributed by atoms with van der Waals surface area (Å²) in [5, 5.41) is 0. The van der Waals surface area contributed by atoms with Crippen molar-refractivity contribution in [1.29, 1.82) is 0 Å². The van der Waals surface area contributed by atoms with Gasteiger partial charge in [-0.05, 0) is 22.6 Å². The largest absolute Gasteiger partial charge is 0.370 e. The van der Waals surface area contributed by atoms with Gasteiger partial charge in [0, 0.05) is 12.1 Å². The highest BCUT2D eigenvalue weighted by Gasteiger charge is 2.07. The zero-order chi connectivity index (χ0) is 12.3. The van der Waals surface area contributed by atoms with E-state index in [0.29, 0.717) is 0 Å². The minimum Gasteiger partial charge on any atom is -0.370 e. The number of halogens is 3. The highest BCUT2D eigenvalue weighted by Crippen LogP contribution is 2.22. The van der Waals surface area contributed by atoms with E-state index in [0.717, 1.165) is 12.1 Å². The van der Waals surface area contributed by atoms with E-state index < -0.39 is 11.6 Å². The molecule has 0 heterocycles. The second kappa shape index (κ2) is 5.05. The van der Waals surface area contributed by atoms with Crippen molar-refractivity contribution in [3.8, 4) is 0 Å². The molecule has 1 rings (SSSR count). The third kappa shape index (κ3) is 3.29. The standard InChI is InChI=1S/C8H8F2IN5/c9-4-1-3(2-5(10)6(4)11)15-8(14)16-7(12)13/h1-2H,(H6,12,13,14,15,16). The average molecular weight is 339 g/mol. The molecular weight excluding hydrogens is 331 g/mol. The molecule has 0 radical (unpaired) electrons. The van der Waals surface area contributed by atoms with Crippen molar-refractivity contribution < 1.29 is 8.78 Å². The molecule has 0 aromatic heterocycles. The lowest BCUT2D eigenvalue weighted by atomic mass is 10.3. The Balaban J connectivity index is 3.12. The summed E-state index contributed by atoms with van der Waals surface area (Å²) in [7, 11) is 0. The van der Waals surface area contributed by atoms with Gasteiger partial charge in [-0.1, -0.05) is 0 Å². The predicted molar refractivity (Wildman–Crippen MR) is 66.2 cm³/mol. The molecule has 0 atom stereocenters. The van der Waals surface area contributed by atoms with E-state index >= 15 is 0 Å². The normalized spacial score (nSPS) is 11.3. The number of guanidine groups is 2. The molecule has 6 N–H and O–H groups in total. The lowest BCUT2D eigenvalue weighted by Crippen LogP contribution is -2.26. The van der Waals surface area contributed by atoms with Crippen molar-refractivity contribution in [1.82, 2.24) is 0 Å². The third-order valence-corrected chi connectivity index (χ3v) is 2.49. The van der Waals surface area contributed by atoms with E-state index in [9.17, 15) is 8.78 Å². The van der Waals surface area contributed by atoms with E-state index in [1.807, 2.05) is 0 Å². The Hall–Kier alpha value is -1.45. The maximum absolute atomic E-state index is 13.1. The molecule has 0 aliphatic heterocycles. The van der Waals surface area contributed by atoms with Crippen LogP contribution in [0.1, 0.15) is 0 Å². The molecule has 1 aromatic carbocycles. The van der Waals surface area contributed by atoms with Gasteiger partial charge < -0.3 is 17.2 Å². The summed E-state index contributed by atoms with van der Waals surface area (Å²) < 4.78 is 26.1. The zero-order valence-corrected chi connectivity index (χ0v) is 10.1. The molecule has 0 fully saturated rings. The predicted octanol–water partition coefficient (Wildman–Crippen LogP) is 0.789. The Bertz CT molecular complexity index is 444. The molecule has 0 unspecified atom stereocenters. The number of benzene rings is 1. The molecule has 5 nitrogen and oxygen atoms in total. The summed E-state index contributed by atoms with van der Waals surface area (Å²) in [5.41, 5.74) is 15.4. The topological polar surface area (TPSA) is 103 Å². The Labute approximate surface area is 104 Å². The molecule has 0 saturated heterocycles. The van der Waals surface area contributed by atoms with Crippen molar-refractivity contribution in [2.75, 3.05) is 0 Å². The second-order valence-corrected chi connectivity index (χ2v) is 3.81. The van der Waals surface area contributed by atoms with Crippen LogP contribution < -0.4 is 17.2 Å². The Morgan fingerprint density at radius 1 is 1.12 bits per heavy atom. The fraction of sp³-hybridized carbons (Fsp3) is 0. The van der Waals surface area contributed by atoms with E-state index in [-0.39, 0.29) is 21.2 Å². The molecular formula is C8H8F2IN5. The lowest BCUT2D eigenvalue weighted by Gasteiger charge is -2.00. The van der Waals surface area contributed by atoms with Gasteiger partial charge >= 0.3 is 0 Å². The smallest absolute Gasteiger partial charge is 0.223 e. The van der Waals surface area contributed by atoms with Crippen molar-refractivity contribution in [3.05, 3.63) is 27.3 Å². The molecule has 16 heavy (non-hydrogen) atoms. The summed E-state index contributed by atoms with van der Waals surface area (Å²) in [6.07, 6.45) is 0. The van der Waals surface area contributed by atoms with E-state index in [1.165, 1.54) is 0 Å². The van der Waals surface area contributed by atoms with Gasteiger partial charge in [-0.2, -0.15) is 4.99 Å². The lowest BCUT2D eigenvalue weighted by molar-refractivity contribution is 0.571. The third-order valence-electron chi connectivity index (χ3n) is 1.46. The Morgan fingerprint density at radius 2 is 1.62 bits per heavy atom. The first-order valence-corrected chi connectivity index (χ1v) is 5.06. The van der Waals surface area contributed by atoms with Gasteiger partial charge in [0.25, 0.3) is 0 Å². The van der Waals surface area contributed by atoms with Crippen LogP contribution in [0.5, 0.6) is 0 Å². The van der Waals surface area contributed by atoms with Crippen LogP contribution in [0.3, 0.4) is 0 Å². The monoisotopic (exact) mass is 339 g/mol. The average Bonchev–Trinajstić information content (AvgIpc) is 2.12. The maximum Gasteiger partial charge on any atom is 0.223 e. The van der Waals surface area contributed by atoms with Crippen molar-refractivity contribution in [2.24, 2.45) is 27.2 Å². The summed E-state index contributed by atoms with van der Waals surface area (Å²) >= 11 is 1.54. The Kier molecular flexibility index (Phi) is 3.99. The van der Waals surface area contributed by atoms with Gasteiger partial charge in [-0.3, -0.25) is 0 Å². The van der Waals surface area contributed by atoms with Crippen LogP contribution in [0, 0.1) is 15.2 Å². The molecule has 8 heteroatoms. The summed E-state index contributed by atoms with van der Waals surface area (Å²) in [5.74, 6) is -2.01. The van der Waals surface area contributed by atoms with Crippen LogP contribution in [-0.2, 0) is 0 Å². The number of rotatable bonds is 1. The number of hydrogen-bond acceptors (Lipinski definition) is 1. The number of nitrogens with two attached hydrogens (primary N) is 3. The van der Waals surface area contributed by atoms with Gasteiger partial charge in [0.1, 0.15) is 11.6 Å². The quantitative estimate of drug-likeness (QED) is 0.305. The molecule has 0 saturated carbocycles. The molecule has 86 valence electrons. The molecule has 1 aromatic rings. The van der Waals surface area contributed by atoms with Crippen LogP contribution in [-0.4, -0.2) is 11.9 Å². The minimum absolute atomic E-state index is 0.00193. The first-order valence-electron chi connectivity index (χ1n) is 3.98. The van der Waals surface area contributed by atoms with Crippen LogP contribution in [0.15, 0.2) is 22.1 Å². The molecule has 0 bridgehead atoms. The zero-order valence-electron chi connectivity index (χ0n) is 7.92. The fourth-order valence-electron chi connectivity index (χ4n) is 0.896. The van der Waals surface area contributed by atoms with E-state index in [4.69, 9.17) is 17.2 Å². The molecule has 0 amide bonds. The van der Waals surface area contributed by atoms with Crippen LogP contribution in [0.4, 0.5) is 14.5 Å². The number of nitrogens with zero attached hydrogens (tertiary/aromatic N) is 2. The van der Waals surface area contributed by atoms with Gasteiger partial charge in [-0.25, -0.2) is 13.8 Å². The maximum atomic E-state index is 13.1. The minimum atomic E-state index is -0.725. The van der Waals surface area contributed by atoms with Gasteiger partial charge in [-0.15, -0.1) is 0 Å². The van der Waals surface area contributed by atoms with Gasteiger partial charge in [0.15, 0.2) is 5.96 Å².